The van der Waals surface area contributed by atoms with E-state index in [0.29, 0.717) is 24.3 Å². The Bertz CT molecular complexity index is 855. The molecule has 28 heavy (non-hydrogen) atoms. The number of benzene rings is 2. The van der Waals surface area contributed by atoms with Crippen molar-refractivity contribution in [1.82, 2.24) is 10.2 Å². The van der Waals surface area contributed by atoms with Crippen LogP contribution >= 0.6 is 0 Å². The zero-order valence-electron chi connectivity index (χ0n) is 15.6. The van der Waals surface area contributed by atoms with Crippen molar-refractivity contribution in [2.75, 3.05) is 49.5 Å². The Labute approximate surface area is 164 Å². The summed E-state index contributed by atoms with van der Waals surface area (Å²) in [4.78, 5) is 28.6. The number of hydrogen-bond acceptors (Lipinski definition) is 5. The van der Waals surface area contributed by atoms with Gasteiger partial charge in [-0.3, -0.25) is 14.5 Å². The number of hydrogen-bond donors (Lipinski definition) is 2. The van der Waals surface area contributed by atoms with Gasteiger partial charge in [-0.05, 0) is 24.3 Å². The monoisotopic (exact) mass is 377 g/mol. The van der Waals surface area contributed by atoms with Crippen molar-refractivity contribution >= 4 is 23.2 Å². The number of para-hydroxylation sites is 2. The zero-order valence-corrected chi connectivity index (χ0v) is 15.6. The van der Waals surface area contributed by atoms with E-state index in [1.807, 2.05) is 24.3 Å². The Morgan fingerprint density at radius 3 is 2.32 bits per heavy atom. The summed E-state index contributed by atoms with van der Waals surface area (Å²) in [6.45, 7) is 4.78. The van der Waals surface area contributed by atoms with E-state index in [-0.39, 0.29) is 0 Å². The van der Waals surface area contributed by atoms with E-state index in [2.05, 4.69) is 32.6 Å². The molecule has 1 aliphatic heterocycles. The summed E-state index contributed by atoms with van der Waals surface area (Å²) in [7, 11) is 0. The Morgan fingerprint density at radius 2 is 1.61 bits per heavy atom. The van der Waals surface area contributed by atoms with E-state index >= 15 is 0 Å². The van der Waals surface area contributed by atoms with Gasteiger partial charge in [-0.1, -0.05) is 30.3 Å². The highest BCUT2D eigenvalue weighted by atomic mass is 16.2. The Hall–Kier alpha value is -3.37. The maximum Gasteiger partial charge on any atom is 0.313 e. The minimum atomic E-state index is -0.767. The molecule has 0 unspecified atom stereocenters. The first-order chi connectivity index (χ1) is 13.7. The van der Waals surface area contributed by atoms with Crippen molar-refractivity contribution in [3.05, 3.63) is 60.2 Å². The molecule has 0 radical (unpaired) electrons. The second kappa shape index (κ2) is 9.53. The number of nitrogens with zero attached hydrogens (tertiary/aromatic N) is 3. The normalized spacial score (nSPS) is 14.2. The van der Waals surface area contributed by atoms with Crippen LogP contribution in [0.5, 0.6) is 0 Å². The minimum absolute atomic E-state index is 0.319. The summed E-state index contributed by atoms with van der Waals surface area (Å²) in [5.41, 5.74) is 1.88. The molecule has 1 fully saturated rings. The van der Waals surface area contributed by atoms with Gasteiger partial charge in [0.1, 0.15) is 6.07 Å². The van der Waals surface area contributed by atoms with Gasteiger partial charge in [-0.25, -0.2) is 0 Å². The average Bonchev–Trinajstić information content (AvgIpc) is 2.75. The van der Waals surface area contributed by atoms with Gasteiger partial charge in [0.15, 0.2) is 0 Å². The van der Waals surface area contributed by atoms with Crippen LogP contribution in [0.15, 0.2) is 54.6 Å². The first-order valence-electron chi connectivity index (χ1n) is 9.28. The van der Waals surface area contributed by atoms with Gasteiger partial charge in [0.2, 0.25) is 0 Å². The van der Waals surface area contributed by atoms with E-state index in [4.69, 9.17) is 5.26 Å². The van der Waals surface area contributed by atoms with E-state index in [9.17, 15) is 9.59 Å². The highest BCUT2D eigenvalue weighted by Crippen LogP contribution is 2.15. The van der Waals surface area contributed by atoms with Crippen LogP contribution in [0.1, 0.15) is 5.56 Å². The summed E-state index contributed by atoms with van der Waals surface area (Å²) in [5.74, 6) is -1.47. The molecule has 3 rings (SSSR count). The van der Waals surface area contributed by atoms with Crippen LogP contribution in [-0.2, 0) is 9.59 Å². The molecule has 0 spiro atoms. The zero-order chi connectivity index (χ0) is 19.8. The number of amides is 2. The first-order valence-corrected chi connectivity index (χ1v) is 9.28. The minimum Gasteiger partial charge on any atom is -0.369 e. The molecular formula is C21H23N5O2. The fourth-order valence-corrected chi connectivity index (χ4v) is 3.15. The van der Waals surface area contributed by atoms with Crippen molar-refractivity contribution in [3.8, 4) is 6.07 Å². The molecule has 0 aliphatic carbocycles. The summed E-state index contributed by atoms with van der Waals surface area (Å²) in [6, 6.07) is 18.9. The third-order valence-electron chi connectivity index (χ3n) is 4.71. The maximum atomic E-state index is 12.0. The Balaban J connectivity index is 1.39. The van der Waals surface area contributed by atoms with Crippen molar-refractivity contribution in [2.45, 2.75) is 0 Å². The van der Waals surface area contributed by atoms with Gasteiger partial charge >= 0.3 is 11.8 Å². The van der Waals surface area contributed by atoms with Crippen molar-refractivity contribution < 1.29 is 9.59 Å². The first kappa shape index (κ1) is 19.4. The molecule has 144 valence electrons. The van der Waals surface area contributed by atoms with Crippen LogP contribution in [0, 0.1) is 11.3 Å². The second-order valence-corrected chi connectivity index (χ2v) is 6.53. The highest BCUT2D eigenvalue weighted by molar-refractivity contribution is 6.39. The van der Waals surface area contributed by atoms with Crippen LogP contribution in [0.4, 0.5) is 11.4 Å². The van der Waals surface area contributed by atoms with Gasteiger partial charge in [-0.2, -0.15) is 5.26 Å². The smallest absolute Gasteiger partial charge is 0.313 e. The number of nitrogens with one attached hydrogen (secondary N) is 2. The predicted octanol–water partition coefficient (Wildman–Crippen LogP) is 1.44. The summed E-state index contributed by atoms with van der Waals surface area (Å²) in [5, 5.41) is 14.2. The number of nitriles is 1. The van der Waals surface area contributed by atoms with Crippen LogP contribution in [0.3, 0.4) is 0 Å². The van der Waals surface area contributed by atoms with E-state index in [1.165, 1.54) is 5.69 Å². The molecule has 0 saturated carbocycles. The van der Waals surface area contributed by atoms with Gasteiger partial charge in [-0.15, -0.1) is 0 Å². The molecule has 2 N–H and O–H groups in total. The fourth-order valence-electron chi connectivity index (χ4n) is 3.15. The Morgan fingerprint density at radius 1 is 0.929 bits per heavy atom. The highest BCUT2D eigenvalue weighted by Gasteiger charge is 2.18. The standard InChI is InChI=1S/C21H23N5O2/c22-16-17-6-4-5-9-19(17)24-21(28)20(27)23-10-11-25-12-14-26(15-13-25)18-7-2-1-3-8-18/h1-9H,10-15H2,(H,23,27)(H,24,28). The number of piperazine rings is 1. The molecule has 2 amide bonds. The topological polar surface area (TPSA) is 88.5 Å². The van der Waals surface area contributed by atoms with Gasteiger partial charge < -0.3 is 15.5 Å². The molecule has 7 nitrogen and oxygen atoms in total. The summed E-state index contributed by atoms with van der Waals surface area (Å²) in [6.07, 6.45) is 0. The summed E-state index contributed by atoms with van der Waals surface area (Å²) >= 11 is 0. The maximum absolute atomic E-state index is 12.0. The van der Waals surface area contributed by atoms with Gasteiger partial charge in [0, 0.05) is 45.0 Å². The predicted molar refractivity (Wildman–Crippen MR) is 108 cm³/mol. The lowest BCUT2D eigenvalue weighted by molar-refractivity contribution is -0.136. The van der Waals surface area contributed by atoms with E-state index < -0.39 is 11.8 Å². The van der Waals surface area contributed by atoms with Crippen LogP contribution in [0.25, 0.3) is 0 Å². The van der Waals surface area contributed by atoms with Gasteiger partial charge in [0.05, 0.1) is 11.3 Å². The SMILES string of the molecule is N#Cc1ccccc1NC(=O)C(=O)NCCN1CCN(c2ccccc2)CC1. The third-order valence-corrected chi connectivity index (χ3v) is 4.71. The summed E-state index contributed by atoms with van der Waals surface area (Å²) < 4.78 is 0. The largest absolute Gasteiger partial charge is 0.369 e. The van der Waals surface area contributed by atoms with E-state index in [1.54, 1.807) is 24.3 Å². The third kappa shape index (κ3) is 5.09. The number of rotatable bonds is 5. The van der Waals surface area contributed by atoms with Crippen molar-refractivity contribution in [2.24, 2.45) is 0 Å². The second-order valence-electron chi connectivity index (χ2n) is 6.53. The van der Waals surface area contributed by atoms with Crippen LogP contribution < -0.4 is 15.5 Å². The van der Waals surface area contributed by atoms with Gasteiger partial charge in [0.25, 0.3) is 0 Å². The average molecular weight is 377 g/mol. The van der Waals surface area contributed by atoms with E-state index in [0.717, 1.165) is 26.2 Å². The quantitative estimate of drug-likeness (QED) is 0.770. The molecule has 0 aromatic heterocycles. The molecule has 1 saturated heterocycles. The molecule has 1 aliphatic rings. The fraction of sp³-hybridized carbons (Fsp3) is 0.286. The van der Waals surface area contributed by atoms with Crippen molar-refractivity contribution in [1.29, 1.82) is 5.26 Å². The number of carbonyl (C=O) groups is 2. The van der Waals surface area contributed by atoms with Crippen molar-refractivity contribution in [3.63, 3.8) is 0 Å². The molecule has 2 aromatic rings. The molecule has 7 heteroatoms. The molecule has 0 atom stereocenters. The molecule has 1 heterocycles. The molecule has 0 bridgehead atoms. The molecular weight excluding hydrogens is 354 g/mol. The lowest BCUT2D eigenvalue weighted by atomic mass is 10.2. The lowest BCUT2D eigenvalue weighted by Gasteiger charge is -2.36. The molecule has 2 aromatic carbocycles. The Kier molecular flexibility index (Phi) is 6.60. The number of anilines is 2. The van der Waals surface area contributed by atoms with Crippen LogP contribution in [0.2, 0.25) is 0 Å². The number of carbonyl (C=O) groups excluding carboxylic acids is 2. The van der Waals surface area contributed by atoms with Crippen LogP contribution in [-0.4, -0.2) is 56.0 Å². The lowest BCUT2D eigenvalue weighted by Crippen LogP contribution is -2.49.